The molecule has 1 aliphatic rings. The Bertz CT molecular complexity index is 867. The number of nitrogens with zero attached hydrogens (tertiary/aromatic N) is 2. The van der Waals surface area contributed by atoms with Gasteiger partial charge in [0.15, 0.2) is 0 Å². The van der Waals surface area contributed by atoms with E-state index in [4.69, 9.17) is 16.7 Å². The quantitative estimate of drug-likeness (QED) is 0.680. The maximum atomic E-state index is 6.23. The highest BCUT2D eigenvalue weighted by molar-refractivity contribution is 6.30. The zero-order valence-corrected chi connectivity index (χ0v) is 15.6. The molecule has 0 spiro atoms. The van der Waals surface area contributed by atoms with Gasteiger partial charge in [-0.05, 0) is 62.6 Å². The number of pyridine rings is 1. The van der Waals surface area contributed by atoms with E-state index in [2.05, 4.69) is 40.6 Å². The molecular formula is C21H23ClN4. The molecule has 4 rings (SSSR count). The minimum atomic E-state index is 0.503. The fourth-order valence-electron chi connectivity index (χ4n) is 3.98. The number of hydrogen-bond acceptors (Lipinski definition) is 3. The summed E-state index contributed by atoms with van der Waals surface area (Å²) in [5.74, 6) is 0.503. The molecule has 4 nitrogen and oxygen atoms in total. The molecule has 5 heteroatoms. The van der Waals surface area contributed by atoms with Gasteiger partial charge < -0.3 is 5.32 Å². The summed E-state index contributed by atoms with van der Waals surface area (Å²) in [5, 5.41) is 12.2. The summed E-state index contributed by atoms with van der Waals surface area (Å²) in [6, 6.07) is 12.7. The van der Waals surface area contributed by atoms with Crippen LogP contribution in [0.4, 0.5) is 0 Å². The van der Waals surface area contributed by atoms with E-state index in [-0.39, 0.29) is 0 Å². The molecule has 0 bridgehead atoms. The normalized spacial score (nSPS) is 20.2. The van der Waals surface area contributed by atoms with Crippen LogP contribution in [0.1, 0.15) is 37.3 Å². The Kier molecular flexibility index (Phi) is 5.05. The molecule has 2 aromatic heterocycles. The molecule has 0 radical (unpaired) electrons. The van der Waals surface area contributed by atoms with Crippen molar-refractivity contribution in [3.63, 3.8) is 0 Å². The van der Waals surface area contributed by atoms with Gasteiger partial charge in [0.1, 0.15) is 5.69 Å². The highest BCUT2D eigenvalue weighted by Gasteiger charge is 2.27. The third kappa shape index (κ3) is 3.39. The molecule has 0 unspecified atom stereocenters. The van der Waals surface area contributed by atoms with Crippen LogP contribution in [0.3, 0.4) is 0 Å². The van der Waals surface area contributed by atoms with Gasteiger partial charge in [-0.15, -0.1) is 0 Å². The summed E-state index contributed by atoms with van der Waals surface area (Å²) in [7, 11) is 2.06. The number of H-pyrrole nitrogens is 1. The zero-order chi connectivity index (χ0) is 17.9. The van der Waals surface area contributed by atoms with Gasteiger partial charge in [0.05, 0.1) is 0 Å². The van der Waals surface area contributed by atoms with Crippen molar-refractivity contribution in [2.75, 3.05) is 7.05 Å². The van der Waals surface area contributed by atoms with Crippen LogP contribution in [0.15, 0.2) is 48.8 Å². The van der Waals surface area contributed by atoms with E-state index >= 15 is 0 Å². The van der Waals surface area contributed by atoms with E-state index in [9.17, 15) is 0 Å². The first-order valence-electron chi connectivity index (χ1n) is 9.18. The predicted octanol–water partition coefficient (Wildman–Crippen LogP) is 5.04. The topological polar surface area (TPSA) is 53.6 Å². The molecule has 1 fully saturated rings. The minimum absolute atomic E-state index is 0.503. The van der Waals surface area contributed by atoms with E-state index in [1.807, 2.05) is 30.6 Å². The van der Waals surface area contributed by atoms with Gasteiger partial charge in [0.25, 0.3) is 0 Å². The van der Waals surface area contributed by atoms with Crippen molar-refractivity contribution in [2.24, 2.45) is 0 Å². The van der Waals surface area contributed by atoms with Crippen LogP contribution in [0.2, 0.25) is 5.02 Å². The van der Waals surface area contributed by atoms with Crippen LogP contribution in [0.25, 0.3) is 22.4 Å². The highest BCUT2D eigenvalue weighted by Crippen LogP contribution is 2.41. The van der Waals surface area contributed by atoms with Crippen molar-refractivity contribution >= 4 is 11.6 Å². The Morgan fingerprint density at radius 2 is 1.81 bits per heavy atom. The number of halogens is 1. The van der Waals surface area contributed by atoms with Crippen LogP contribution < -0.4 is 5.32 Å². The Balaban J connectivity index is 1.78. The highest BCUT2D eigenvalue weighted by atomic mass is 35.5. The van der Waals surface area contributed by atoms with Gasteiger partial charge in [-0.3, -0.25) is 10.1 Å². The lowest BCUT2D eigenvalue weighted by atomic mass is 9.81. The molecule has 2 heterocycles. The fraction of sp³-hybridized carbons (Fsp3) is 0.333. The van der Waals surface area contributed by atoms with Gasteiger partial charge in [-0.25, -0.2) is 0 Å². The molecule has 0 amide bonds. The van der Waals surface area contributed by atoms with Gasteiger partial charge in [0, 0.05) is 46.2 Å². The molecule has 0 atom stereocenters. The maximum absolute atomic E-state index is 6.23. The molecule has 1 aromatic carbocycles. The van der Waals surface area contributed by atoms with E-state index in [0.29, 0.717) is 12.0 Å². The number of aromatic amines is 1. The summed E-state index contributed by atoms with van der Waals surface area (Å²) >= 11 is 6.23. The fourth-order valence-corrected chi connectivity index (χ4v) is 4.17. The number of aromatic nitrogens is 3. The summed E-state index contributed by atoms with van der Waals surface area (Å²) in [5.41, 5.74) is 5.57. The Morgan fingerprint density at radius 3 is 2.50 bits per heavy atom. The van der Waals surface area contributed by atoms with E-state index in [1.165, 1.54) is 36.9 Å². The minimum Gasteiger partial charge on any atom is -0.317 e. The van der Waals surface area contributed by atoms with Crippen molar-refractivity contribution < 1.29 is 0 Å². The van der Waals surface area contributed by atoms with Gasteiger partial charge in [-0.1, -0.05) is 23.7 Å². The molecule has 3 aromatic rings. The maximum Gasteiger partial charge on any atom is 0.100 e. The summed E-state index contributed by atoms with van der Waals surface area (Å²) in [6.45, 7) is 0. The molecule has 26 heavy (non-hydrogen) atoms. The van der Waals surface area contributed by atoms with Gasteiger partial charge in [0.2, 0.25) is 0 Å². The second-order valence-corrected chi connectivity index (χ2v) is 7.38. The molecule has 2 N–H and O–H groups in total. The molecule has 1 saturated carbocycles. The predicted molar refractivity (Wildman–Crippen MR) is 106 cm³/mol. The van der Waals surface area contributed by atoms with Crippen LogP contribution in [0.5, 0.6) is 0 Å². The molecule has 0 saturated heterocycles. The van der Waals surface area contributed by atoms with Crippen molar-refractivity contribution in [1.29, 1.82) is 0 Å². The third-order valence-corrected chi connectivity index (χ3v) is 5.64. The van der Waals surface area contributed by atoms with Gasteiger partial charge >= 0.3 is 0 Å². The summed E-state index contributed by atoms with van der Waals surface area (Å²) in [6.07, 6.45) is 8.41. The first kappa shape index (κ1) is 17.3. The molecule has 1 aliphatic carbocycles. The number of benzene rings is 1. The lowest BCUT2D eigenvalue weighted by Crippen LogP contribution is -2.29. The lowest BCUT2D eigenvalue weighted by Gasteiger charge is -2.28. The van der Waals surface area contributed by atoms with Gasteiger partial charge in [-0.2, -0.15) is 5.10 Å². The smallest absolute Gasteiger partial charge is 0.100 e. The molecule has 0 aliphatic heterocycles. The second kappa shape index (κ2) is 7.60. The summed E-state index contributed by atoms with van der Waals surface area (Å²) in [4.78, 5) is 4.17. The van der Waals surface area contributed by atoms with E-state index < -0.39 is 0 Å². The van der Waals surface area contributed by atoms with Crippen molar-refractivity contribution in [2.45, 2.75) is 37.6 Å². The van der Waals surface area contributed by atoms with Crippen LogP contribution >= 0.6 is 11.6 Å². The van der Waals surface area contributed by atoms with E-state index in [0.717, 1.165) is 21.8 Å². The average Bonchev–Trinajstić information content (AvgIpc) is 3.14. The van der Waals surface area contributed by atoms with Crippen LogP contribution in [-0.4, -0.2) is 28.3 Å². The largest absolute Gasteiger partial charge is 0.317 e. The lowest BCUT2D eigenvalue weighted by molar-refractivity contribution is 0.355. The Hall–Kier alpha value is -2.17. The van der Waals surface area contributed by atoms with Crippen molar-refractivity contribution in [3.05, 3.63) is 59.5 Å². The van der Waals surface area contributed by atoms with Crippen LogP contribution in [-0.2, 0) is 0 Å². The first-order chi connectivity index (χ1) is 12.8. The number of rotatable bonds is 4. The SMILES string of the molecule is CNC1CCC(c2[nH]nc(-c3cccc(Cl)c3)c2-c2ccncc2)CC1. The first-order valence-corrected chi connectivity index (χ1v) is 9.56. The number of hydrogen-bond donors (Lipinski definition) is 2. The zero-order valence-electron chi connectivity index (χ0n) is 14.9. The third-order valence-electron chi connectivity index (χ3n) is 5.41. The second-order valence-electron chi connectivity index (χ2n) is 6.94. The standard InChI is InChI=1S/C21H23ClN4/c1-23-18-7-5-15(6-8-18)20-19(14-9-11-24-12-10-14)21(26-25-20)16-3-2-4-17(22)13-16/h2-4,9-13,15,18,23H,5-8H2,1H3,(H,25,26). The van der Waals surface area contributed by atoms with Crippen molar-refractivity contribution in [1.82, 2.24) is 20.5 Å². The molecular weight excluding hydrogens is 344 g/mol. The Labute approximate surface area is 159 Å². The monoisotopic (exact) mass is 366 g/mol. The Morgan fingerprint density at radius 1 is 1.04 bits per heavy atom. The molecule has 134 valence electrons. The number of nitrogens with one attached hydrogen (secondary N) is 2. The van der Waals surface area contributed by atoms with Crippen molar-refractivity contribution in [3.8, 4) is 22.4 Å². The summed E-state index contributed by atoms with van der Waals surface area (Å²) < 4.78 is 0. The van der Waals surface area contributed by atoms with E-state index in [1.54, 1.807) is 0 Å². The van der Waals surface area contributed by atoms with Crippen LogP contribution in [0, 0.1) is 0 Å². The average molecular weight is 367 g/mol.